The van der Waals surface area contributed by atoms with Crippen molar-refractivity contribution in [2.75, 3.05) is 20.0 Å². The van der Waals surface area contributed by atoms with Crippen molar-refractivity contribution in [2.45, 2.75) is 30.8 Å². The van der Waals surface area contributed by atoms with E-state index >= 15 is 0 Å². The van der Waals surface area contributed by atoms with Gasteiger partial charge in [0.05, 0.1) is 35.4 Å². The zero-order chi connectivity index (χ0) is 19.2. The summed E-state index contributed by atoms with van der Waals surface area (Å²) < 4.78 is 52.0. The van der Waals surface area contributed by atoms with E-state index in [0.29, 0.717) is 12.8 Å². The number of rotatable bonds is 5. The predicted octanol–water partition coefficient (Wildman–Crippen LogP) is 2.54. The van der Waals surface area contributed by atoms with Gasteiger partial charge in [0.2, 0.25) is 11.2 Å². The minimum atomic E-state index is -1.75. The normalized spacial score (nSPS) is 15.1. The SMILES string of the molecule is CCOC(=O)c1c([S@](C)=O)n(C2CC2)c2c(OC)c(F)c(F)cc2c1=O. The maximum atomic E-state index is 14.3. The van der Waals surface area contributed by atoms with Crippen LogP contribution in [0.1, 0.15) is 36.2 Å². The van der Waals surface area contributed by atoms with E-state index in [1.807, 2.05) is 0 Å². The summed E-state index contributed by atoms with van der Waals surface area (Å²) >= 11 is 0. The molecule has 1 heterocycles. The Bertz CT molecular complexity index is 997. The van der Waals surface area contributed by atoms with Gasteiger partial charge in [-0.2, -0.15) is 4.39 Å². The summed E-state index contributed by atoms with van der Waals surface area (Å²) in [5.74, 6) is -3.91. The van der Waals surface area contributed by atoms with Gasteiger partial charge in [0.15, 0.2) is 11.6 Å². The van der Waals surface area contributed by atoms with Crippen LogP contribution in [0.15, 0.2) is 15.9 Å². The molecule has 1 aromatic carbocycles. The van der Waals surface area contributed by atoms with E-state index in [1.54, 1.807) is 6.92 Å². The summed E-state index contributed by atoms with van der Waals surface area (Å²) in [5.41, 5.74) is -1.28. The molecular weight excluding hydrogens is 368 g/mol. The molecule has 1 fully saturated rings. The Labute approximate surface area is 150 Å². The molecule has 1 aliphatic rings. The third-order valence-electron chi connectivity index (χ3n) is 4.16. The summed E-state index contributed by atoms with van der Waals surface area (Å²) in [6, 6.07) is 0.545. The molecule has 1 aliphatic carbocycles. The van der Waals surface area contributed by atoms with Crippen LogP contribution in [0.5, 0.6) is 5.75 Å². The molecule has 0 unspecified atom stereocenters. The van der Waals surface area contributed by atoms with Gasteiger partial charge < -0.3 is 14.0 Å². The van der Waals surface area contributed by atoms with E-state index in [1.165, 1.54) is 10.8 Å². The van der Waals surface area contributed by atoms with Crippen LogP contribution in [0.3, 0.4) is 0 Å². The van der Waals surface area contributed by atoms with Crippen molar-refractivity contribution in [1.29, 1.82) is 0 Å². The van der Waals surface area contributed by atoms with Gasteiger partial charge in [-0.15, -0.1) is 0 Å². The summed E-state index contributed by atoms with van der Waals surface area (Å²) in [7, 11) is -0.601. The fourth-order valence-electron chi connectivity index (χ4n) is 2.99. The highest BCUT2D eigenvalue weighted by atomic mass is 32.2. The number of ether oxygens (including phenoxy) is 2. The first kappa shape index (κ1) is 18.5. The fraction of sp³-hybridized carbons (Fsp3) is 0.412. The number of methoxy groups -OCH3 is 1. The van der Waals surface area contributed by atoms with Crippen LogP contribution >= 0.6 is 0 Å². The molecule has 6 nitrogen and oxygen atoms in total. The zero-order valence-corrected chi connectivity index (χ0v) is 15.2. The van der Waals surface area contributed by atoms with E-state index in [-0.39, 0.29) is 28.6 Å². The number of hydrogen-bond donors (Lipinski definition) is 0. The monoisotopic (exact) mass is 385 g/mol. The summed E-state index contributed by atoms with van der Waals surface area (Å²) in [6.45, 7) is 1.58. The van der Waals surface area contributed by atoms with E-state index in [0.717, 1.165) is 13.2 Å². The Hall–Kier alpha value is -2.29. The lowest BCUT2D eigenvalue weighted by Gasteiger charge is -2.20. The van der Waals surface area contributed by atoms with Gasteiger partial charge >= 0.3 is 5.97 Å². The smallest absolute Gasteiger partial charge is 0.344 e. The lowest BCUT2D eigenvalue weighted by Crippen LogP contribution is -2.26. The van der Waals surface area contributed by atoms with Gasteiger partial charge in [0.1, 0.15) is 10.6 Å². The molecule has 3 rings (SSSR count). The molecule has 0 saturated heterocycles. The van der Waals surface area contributed by atoms with Gasteiger partial charge in [-0.3, -0.25) is 9.00 Å². The van der Waals surface area contributed by atoms with Crippen LogP contribution in [0.2, 0.25) is 0 Å². The number of esters is 1. The molecule has 0 spiro atoms. The number of halogens is 2. The maximum absolute atomic E-state index is 14.3. The molecule has 1 atom stereocenters. The van der Waals surface area contributed by atoms with Crippen LogP contribution < -0.4 is 10.2 Å². The number of carbonyl (C=O) groups is 1. The lowest BCUT2D eigenvalue weighted by molar-refractivity contribution is 0.0518. The predicted molar refractivity (Wildman–Crippen MR) is 91.2 cm³/mol. The second-order valence-electron chi connectivity index (χ2n) is 5.89. The fourth-order valence-corrected chi connectivity index (χ4v) is 3.97. The molecule has 0 radical (unpaired) electrons. The second-order valence-corrected chi connectivity index (χ2v) is 7.18. The zero-order valence-electron chi connectivity index (χ0n) is 14.4. The first-order valence-electron chi connectivity index (χ1n) is 7.98. The number of nitrogens with zero attached hydrogens (tertiary/aromatic N) is 1. The number of pyridine rings is 1. The molecular formula is C17H17F2NO5S. The molecule has 1 saturated carbocycles. The van der Waals surface area contributed by atoms with Gasteiger partial charge in [0.25, 0.3) is 0 Å². The summed E-state index contributed by atoms with van der Waals surface area (Å²) in [5, 5.41) is -0.280. The maximum Gasteiger partial charge on any atom is 0.344 e. The van der Waals surface area contributed by atoms with Crippen molar-refractivity contribution in [3.8, 4) is 5.75 Å². The molecule has 0 N–H and O–H groups in total. The number of fused-ring (bicyclic) bond motifs is 1. The van der Waals surface area contributed by atoms with Gasteiger partial charge in [-0.25, -0.2) is 9.18 Å². The Kier molecular flexibility index (Phi) is 4.83. The molecule has 0 aliphatic heterocycles. The van der Waals surface area contributed by atoms with Crippen molar-refractivity contribution in [1.82, 2.24) is 4.57 Å². The van der Waals surface area contributed by atoms with Crippen molar-refractivity contribution < 1.29 is 27.3 Å². The minimum absolute atomic E-state index is 0.00264. The van der Waals surface area contributed by atoms with E-state index in [9.17, 15) is 22.6 Å². The molecule has 9 heteroatoms. The first-order valence-corrected chi connectivity index (χ1v) is 9.53. The van der Waals surface area contributed by atoms with Crippen molar-refractivity contribution in [3.05, 3.63) is 33.5 Å². The Balaban J connectivity index is 2.58. The highest BCUT2D eigenvalue weighted by molar-refractivity contribution is 7.84. The van der Waals surface area contributed by atoms with Crippen LogP contribution in [-0.2, 0) is 15.5 Å². The second kappa shape index (κ2) is 6.79. The summed E-state index contributed by atoms with van der Waals surface area (Å²) in [6.07, 6.45) is 2.69. The average molecular weight is 385 g/mol. The average Bonchev–Trinajstić information content (AvgIpc) is 3.41. The van der Waals surface area contributed by atoms with Crippen molar-refractivity contribution in [3.63, 3.8) is 0 Å². The van der Waals surface area contributed by atoms with Crippen molar-refractivity contribution in [2.24, 2.45) is 0 Å². The molecule has 0 amide bonds. The quantitative estimate of drug-likeness (QED) is 0.740. The number of carbonyl (C=O) groups excluding carboxylic acids is 1. The number of aromatic nitrogens is 1. The van der Waals surface area contributed by atoms with E-state index in [2.05, 4.69) is 0 Å². The molecule has 1 aromatic heterocycles. The highest BCUT2D eigenvalue weighted by Crippen LogP contribution is 2.42. The standard InChI is InChI=1S/C17H17F2NO5S/c1-4-25-17(22)11-14(21)9-7-10(18)12(19)15(24-2)13(9)20(8-5-6-8)16(11)26(3)23/h7-8H,4-6H2,1-3H3/t26-/m0/s1. The molecule has 26 heavy (non-hydrogen) atoms. The number of benzene rings is 1. The van der Waals surface area contributed by atoms with Gasteiger partial charge in [-0.05, 0) is 25.8 Å². The third-order valence-corrected chi connectivity index (χ3v) is 5.11. The highest BCUT2D eigenvalue weighted by Gasteiger charge is 2.35. The van der Waals surface area contributed by atoms with Crippen molar-refractivity contribution >= 4 is 27.7 Å². The molecule has 0 bridgehead atoms. The van der Waals surface area contributed by atoms with Gasteiger partial charge in [-0.1, -0.05) is 0 Å². The molecule has 2 aromatic rings. The lowest BCUT2D eigenvalue weighted by atomic mass is 10.1. The Morgan fingerprint density at radius 1 is 1.38 bits per heavy atom. The Morgan fingerprint density at radius 2 is 2.04 bits per heavy atom. The van der Waals surface area contributed by atoms with E-state index in [4.69, 9.17) is 9.47 Å². The van der Waals surface area contributed by atoms with Crippen LogP contribution in [-0.4, -0.2) is 34.7 Å². The third kappa shape index (κ3) is 2.80. The van der Waals surface area contributed by atoms with Crippen LogP contribution in [0, 0.1) is 11.6 Å². The van der Waals surface area contributed by atoms with Crippen LogP contribution in [0.25, 0.3) is 10.9 Å². The Morgan fingerprint density at radius 3 is 2.54 bits per heavy atom. The van der Waals surface area contributed by atoms with Gasteiger partial charge in [0, 0.05) is 12.3 Å². The van der Waals surface area contributed by atoms with E-state index < -0.39 is 45.1 Å². The van der Waals surface area contributed by atoms with Crippen LogP contribution in [0.4, 0.5) is 8.78 Å². The topological polar surface area (TPSA) is 74.6 Å². The summed E-state index contributed by atoms with van der Waals surface area (Å²) in [4.78, 5) is 25.3. The first-order chi connectivity index (χ1) is 12.3. The molecule has 140 valence electrons. The minimum Gasteiger partial charge on any atom is -0.491 e. The number of hydrogen-bond acceptors (Lipinski definition) is 5. The largest absolute Gasteiger partial charge is 0.491 e.